The van der Waals surface area contributed by atoms with Crippen molar-refractivity contribution in [3.63, 3.8) is 0 Å². The van der Waals surface area contributed by atoms with Crippen molar-refractivity contribution < 1.29 is 9.53 Å². The fourth-order valence-electron chi connectivity index (χ4n) is 1.56. The van der Waals surface area contributed by atoms with Gasteiger partial charge in [0.05, 0.1) is 0 Å². The van der Waals surface area contributed by atoms with Crippen molar-refractivity contribution in [2.24, 2.45) is 5.73 Å². The maximum Gasteiger partial charge on any atom is 0.407 e. The van der Waals surface area contributed by atoms with Crippen LogP contribution in [0, 0.1) is 0 Å². The van der Waals surface area contributed by atoms with Gasteiger partial charge in [-0.15, -0.1) is 0 Å². The van der Waals surface area contributed by atoms with Crippen LogP contribution >= 0.6 is 0 Å². The van der Waals surface area contributed by atoms with Gasteiger partial charge in [0.1, 0.15) is 5.60 Å². The zero-order valence-corrected chi connectivity index (χ0v) is 12.5. The van der Waals surface area contributed by atoms with Gasteiger partial charge in [-0.05, 0) is 38.3 Å². The highest BCUT2D eigenvalue weighted by atomic mass is 16.6. The van der Waals surface area contributed by atoms with Gasteiger partial charge in [-0.3, -0.25) is 0 Å². The molecule has 0 aromatic heterocycles. The Morgan fingerprint density at radius 3 is 2.50 bits per heavy atom. The Balaban J connectivity index is 2.26. The Morgan fingerprint density at radius 2 is 1.95 bits per heavy atom. The molecule has 1 aromatic carbocycles. The van der Waals surface area contributed by atoms with Gasteiger partial charge in [-0.25, -0.2) is 4.79 Å². The van der Waals surface area contributed by atoms with E-state index in [1.54, 1.807) is 0 Å². The summed E-state index contributed by atoms with van der Waals surface area (Å²) >= 11 is 0. The molecule has 0 aliphatic carbocycles. The number of amides is 1. The predicted octanol–water partition coefficient (Wildman–Crippen LogP) is 3.07. The lowest BCUT2D eigenvalue weighted by Gasteiger charge is -2.19. The molecule has 1 amide bonds. The summed E-state index contributed by atoms with van der Waals surface area (Å²) in [6.45, 7) is 6.66. The first kappa shape index (κ1) is 16.2. The lowest BCUT2D eigenvalue weighted by atomic mass is 10.1. The molecule has 0 fully saturated rings. The number of nitrogens with one attached hydrogen (secondary N) is 1. The van der Waals surface area contributed by atoms with Crippen LogP contribution in [0.5, 0.6) is 0 Å². The number of benzene rings is 1. The topological polar surface area (TPSA) is 64.3 Å². The van der Waals surface area contributed by atoms with Crippen LogP contribution in [0.4, 0.5) is 4.79 Å². The monoisotopic (exact) mass is 276 g/mol. The van der Waals surface area contributed by atoms with Crippen molar-refractivity contribution in [2.75, 3.05) is 6.54 Å². The first-order valence-electron chi connectivity index (χ1n) is 6.83. The highest BCUT2D eigenvalue weighted by Gasteiger charge is 2.14. The molecule has 0 radical (unpaired) electrons. The van der Waals surface area contributed by atoms with E-state index in [2.05, 4.69) is 5.32 Å². The molecule has 0 aliphatic heterocycles. The van der Waals surface area contributed by atoms with E-state index in [0.717, 1.165) is 17.5 Å². The van der Waals surface area contributed by atoms with Crippen LogP contribution < -0.4 is 11.1 Å². The van der Waals surface area contributed by atoms with E-state index in [4.69, 9.17) is 10.5 Å². The Hall–Kier alpha value is -1.81. The number of hydrogen-bond acceptors (Lipinski definition) is 3. The van der Waals surface area contributed by atoms with Crippen LogP contribution in [-0.2, 0) is 11.3 Å². The second-order valence-electron chi connectivity index (χ2n) is 5.57. The third-order valence-corrected chi connectivity index (χ3v) is 2.50. The molecule has 0 saturated heterocycles. The second kappa shape index (κ2) is 7.70. The number of carbonyl (C=O) groups excluding carboxylic acids is 1. The minimum atomic E-state index is -0.454. The summed E-state index contributed by atoms with van der Waals surface area (Å²) < 4.78 is 5.14. The minimum Gasteiger partial charge on any atom is -0.444 e. The van der Waals surface area contributed by atoms with Crippen LogP contribution in [0.25, 0.3) is 6.08 Å². The molecule has 1 aromatic rings. The Kier molecular flexibility index (Phi) is 6.25. The molecule has 4 nitrogen and oxygen atoms in total. The minimum absolute atomic E-state index is 0.377. The maximum atomic E-state index is 11.4. The first-order valence-corrected chi connectivity index (χ1v) is 6.83. The first-order chi connectivity index (χ1) is 9.40. The van der Waals surface area contributed by atoms with Gasteiger partial charge in [0, 0.05) is 13.1 Å². The Bertz CT molecular complexity index is 445. The third kappa shape index (κ3) is 6.95. The lowest BCUT2D eigenvalue weighted by Crippen LogP contribution is -2.32. The molecule has 0 bridgehead atoms. The van der Waals surface area contributed by atoms with Crippen molar-refractivity contribution in [2.45, 2.75) is 39.3 Å². The number of rotatable bonds is 5. The van der Waals surface area contributed by atoms with Gasteiger partial charge in [0.15, 0.2) is 0 Å². The molecular formula is C16H24N2O2. The molecule has 0 saturated carbocycles. The molecule has 1 rings (SSSR count). The lowest BCUT2D eigenvalue weighted by molar-refractivity contribution is 0.0529. The molecule has 0 atom stereocenters. The van der Waals surface area contributed by atoms with E-state index >= 15 is 0 Å². The zero-order valence-electron chi connectivity index (χ0n) is 12.5. The summed E-state index contributed by atoms with van der Waals surface area (Å²) in [6.07, 6.45) is 4.43. The molecule has 4 heteroatoms. The largest absolute Gasteiger partial charge is 0.444 e. The van der Waals surface area contributed by atoms with Gasteiger partial charge in [-0.1, -0.05) is 36.4 Å². The van der Waals surface area contributed by atoms with Crippen LogP contribution in [0.15, 0.2) is 30.3 Å². The standard InChI is InChI=1S/C16H24N2O2/c1-16(2,3)20-15(19)18-11-5-4-6-13-7-9-14(12-17)10-8-13/h4,6-10H,5,11-12,17H2,1-3H3,(H,18,19). The zero-order chi connectivity index (χ0) is 15.0. The SMILES string of the molecule is CC(C)(C)OC(=O)NCCC=Cc1ccc(CN)cc1. The summed E-state index contributed by atoms with van der Waals surface area (Å²) in [6, 6.07) is 8.08. The quantitative estimate of drug-likeness (QED) is 0.812. The normalized spacial score (nSPS) is 11.6. The number of alkyl carbamates (subject to hydrolysis) is 1. The van der Waals surface area contributed by atoms with E-state index in [9.17, 15) is 4.79 Å². The highest BCUT2D eigenvalue weighted by Crippen LogP contribution is 2.07. The number of nitrogens with two attached hydrogens (primary N) is 1. The molecule has 0 spiro atoms. The number of carbonyl (C=O) groups is 1. The van der Waals surface area contributed by atoms with Crippen molar-refractivity contribution in [3.05, 3.63) is 41.5 Å². The number of ether oxygens (including phenoxy) is 1. The summed E-state index contributed by atoms with van der Waals surface area (Å²) in [4.78, 5) is 11.4. The van der Waals surface area contributed by atoms with Crippen molar-refractivity contribution in [3.8, 4) is 0 Å². The fraction of sp³-hybridized carbons (Fsp3) is 0.438. The summed E-state index contributed by atoms with van der Waals surface area (Å²) in [5.74, 6) is 0. The van der Waals surface area contributed by atoms with Crippen LogP contribution in [0.3, 0.4) is 0 Å². The smallest absolute Gasteiger partial charge is 0.407 e. The molecule has 0 unspecified atom stereocenters. The summed E-state index contributed by atoms with van der Waals surface area (Å²) in [5, 5.41) is 2.71. The fourth-order valence-corrected chi connectivity index (χ4v) is 1.56. The molecule has 0 aliphatic rings. The van der Waals surface area contributed by atoms with E-state index in [-0.39, 0.29) is 6.09 Å². The van der Waals surface area contributed by atoms with E-state index < -0.39 is 5.60 Å². The van der Waals surface area contributed by atoms with Gasteiger partial charge in [0.2, 0.25) is 0 Å². The Morgan fingerprint density at radius 1 is 1.30 bits per heavy atom. The van der Waals surface area contributed by atoms with E-state index in [0.29, 0.717) is 13.1 Å². The average molecular weight is 276 g/mol. The summed E-state index contributed by atoms with van der Waals surface area (Å²) in [5.41, 5.74) is 7.33. The van der Waals surface area contributed by atoms with Gasteiger partial charge in [-0.2, -0.15) is 0 Å². The molecule has 20 heavy (non-hydrogen) atoms. The average Bonchev–Trinajstić information content (AvgIpc) is 2.37. The summed E-state index contributed by atoms with van der Waals surface area (Å²) in [7, 11) is 0. The van der Waals surface area contributed by atoms with Crippen molar-refractivity contribution in [1.82, 2.24) is 5.32 Å². The van der Waals surface area contributed by atoms with Gasteiger partial charge < -0.3 is 15.8 Å². The highest BCUT2D eigenvalue weighted by molar-refractivity contribution is 5.67. The van der Waals surface area contributed by atoms with Crippen LogP contribution in [0.1, 0.15) is 38.3 Å². The van der Waals surface area contributed by atoms with Crippen molar-refractivity contribution in [1.29, 1.82) is 0 Å². The molecule has 3 N–H and O–H groups in total. The molecule has 0 heterocycles. The molecular weight excluding hydrogens is 252 g/mol. The second-order valence-corrected chi connectivity index (χ2v) is 5.57. The van der Waals surface area contributed by atoms with Gasteiger partial charge in [0.25, 0.3) is 0 Å². The maximum absolute atomic E-state index is 11.4. The molecule has 110 valence electrons. The van der Waals surface area contributed by atoms with Crippen LogP contribution in [-0.4, -0.2) is 18.2 Å². The van der Waals surface area contributed by atoms with Crippen LogP contribution in [0.2, 0.25) is 0 Å². The number of hydrogen-bond donors (Lipinski definition) is 2. The Labute approximate surface area is 121 Å². The van der Waals surface area contributed by atoms with Crippen molar-refractivity contribution >= 4 is 12.2 Å². The third-order valence-electron chi connectivity index (χ3n) is 2.50. The van der Waals surface area contributed by atoms with E-state index in [1.807, 2.05) is 57.2 Å². The predicted molar refractivity (Wildman–Crippen MR) is 82.2 cm³/mol. The van der Waals surface area contributed by atoms with Gasteiger partial charge >= 0.3 is 6.09 Å². The van der Waals surface area contributed by atoms with E-state index in [1.165, 1.54) is 0 Å².